The number of hydrogen-bond acceptors (Lipinski definition) is 5. The van der Waals surface area contributed by atoms with Gasteiger partial charge in [-0.1, -0.05) is 24.0 Å². The lowest BCUT2D eigenvalue weighted by Gasteiger charge is -2.04. The molecule has 1 atom stereocenters. The van der Waals surface area contributed by atoms with Gasteiger partial charge in [0.05, 0.1) is 7.11 Å². The summed E-state index contributed by atoms with van der Waals surface area (Å²) in [7, 11) is 3.40. The van der Waals surface area contributed by atoms with Crippen LogP contribution >= 0.6 is 0 Å². The molecule has 0 saturated carbocycles. The number of primary amides is 1. The van der Waals surface area contributed by atoms with Gasteiger partial charge >= 0.3 is 6.03 Å². The number of nitrogens with one attached hydrogen (secondary N) is 2. The second-order valence-electron chi connectivity index (χ2n) is 7.24. The Bertz CT molecular complexity index is 1180. The predicted octanol–water partition coefficient (Wildman–Crippen LogP) is 0.934. The number of methoxy groups -OCH3 is 1. The highest BCUT2D eigenvalue weighted by molar-refractivity contribution is 6.06. The second-order valence-corrected chi connectivity index (χ2v) is 7.24. The summed E-state index contributed by atoms with van der Waals surface area (Å²) in [5.41, 5.74) is 8.81. The highest BCUT2D eigenvalue weighted by Gasteiger charge is 2.27. The van der Waals surface area contributed by atoms with E-state index in [-0.39, 0.29) is 5.91 Å². The molecule has 0 aliphatic carbocycles. The van der Waals surface area contributed by atoms with Gasteiger partial charge in [-0.05, 0) is 42.3 Å². The Morgan fingerprint density at radius 2 is 1.94 bits per heavy atom. The zero-order chi connectivity index (χ0) is 23.4. The monoisotopic (exact) mass is 434 g/mol. The summed E-state index contributed by atoms with van der Waals surface area (Å²) in [5, 5.41) is 4.45. The standard InChI is InChI=1S/C13H11N3O3.C10H11NO2/c1-7-2-3-9(11(14)17)6-8(7)4-5-10-12(18)16-13(19)15-10;1-11-6-7-3-4-8(13-2)5-9(7)10(11)12/h2-3,6,10H,1H3,(H2,14,17)(H2,15,16,18,19);3-5H,6H2,1-2H3. The third-order valence-electron chi connectivity index (χ3n) is 4.95. The zero-order valence-corrected chi connectivity index (χ0v) is 17.8. The Labute approximate surface area is 184 Å². The molecule has 1 unspecified atom stereocenters. The van der Waals surface area contributed by atoms with Gasteiger partial charge in [0.25, 0.3) is 11.8 Å². The lowest BCUT2D eigenvalue weighted by atomic mass is 10.0. The van der Waals surface area contributed by atoms with Crippen LogP contribution in [-0.4, -0.2) is 48.9 Å². The molecule has 4 rings (SSSR count). The number of carbonyl (C=O) groups is 4. The van der Waals surface area contributed by atoms with E-state index in [4.69, 9.17) is 10.5 Å². The van der Waals surface area contributed by atoms with E-state index in [1.807, 2.05) is 19.1 Å². The molecule has 9 heteroatoms. The molecule has 0 radical (unpaired) electrons. The van der Waals surface area contributed by atoms with Crippen molar-refractivity contribution < 1.29 is 23.9 Å². The van der Waals surface area contributed by atoms with Gasteiger partial charge < -0.3 is 20.7 Å². The molecule has 0 bridgehead atoms. The summed E-state index contributed by atoms with van der Waals surface area (Å²) in [6.07, 6.45) is 0. The van der Waals surface area contributed by atoms with E-state index >= 15 is 0 Å². The van der Waals surface area contributed by atoms with Gasteiger partial charge in [0, 0.05) is 30.3 Å². The lowest BCUT2D eigenvalue weighted by Crippen LogP contribution is -2.26. The van der Waals surface area contributed by atoms with Crippen LogP contribution in [0.3, 0.4) is 0 Å². The Morgan fingerprint density at radius 3 is 2.56 bits per heavy atom. The zero-order valence-electron chi connectivity index (χ0n) is 17.8. The van der Waals surface area contributed by atoms with Gasteiger partial charge in [0.15, 0.2) is 6.04 Å². The average molecular weight is 434 g/mol. The fourth-order valence-corrected chi connectivity index (χ4v) is 3.13. The Morgan fingerprint density at radius 1 is 1.19 bits per heavy atom. The van der Waals surface area contributed by atoms with E-state index in [0.29, 0.717) is 17.7 Å². The lowest BCUT2D eigenvalue weighted by molar-refractivity contribution is -0.119. The van der Waals surface area contributed by atoms with Crippen LogP contribution in [0.4, 0.5) is 4.79 Å². The Hall–Kier alpha value is -4.32. The fourth-order valence-electron chi connectivity index (χ4n) is 3.13. The minimum atomic E-state index is -0.871. The van der Waals surface area contributed by atoms with Crippen molar-refractivity contribution in [3.8, 4) is 17.6 Å². The van der Waals surface area contributed by atoms with E-state index in [9.17, 15) is 19.2 Å². The van der Waals surface area contributed by atoms with E-state index in [1.165, 1.54) is 0 Å². The molecular formula is C23H22N4O5. The summed E-state index contributed by atoms with van der Waals surface area (Å²) in [6.45, 7) is 2.53. The van der Waals surface area contributed by atoms with Crippen LogP contribution in [0.25, 0.3) is 0 Å². The first-order valence-electron chi connectivity index (χ1n) is 9.65. The number of fused-ring (bicyclic) bond motifs is 1. The van der Waals surface area contributed by atoms with E-state index in [1.54, 1.807) is 43.3 Å². The maximum atomic E-state index is 11.5. The van der Waals surface area contributed by atoms with Gasteiger partial charge in [-0.3, -0.25) is 19.7 Å². The fraction of sp³-hybridized carbons (Fsp3) is 0.217. The average Bonchev–Trinajstić information content (AvgIpc) is 3.24. The summed E-state index contributed by atoms with van der Waals surface area (Å²) >= 11 is 0. The number of benzene rings is 2. The second kappa shape index (κ2) is 9.22. The van der Waals surface area contributed by atoms with Crippen LogP contribution in [-0.2, 0) is 11.3 Å². The number of imide groups is 1. The van der Waals surface area contributed by atoms with Crippen molar-refractivity contribution in [2.75, 3.05) is 14.2 Å². The molecule has 1 saturated heterocycles. The molecule has 32 heavy (non-hydrogen) atoms. The van der Waals surface area contributed by atoms with Crippen molar-refractivity contribution >= 4 is 23.8 Å². The summed E-state index contributed by atoms with van der Waals surface area (Å²) in [6, 6.07) is 9.06. The molecule has 164 valence electrons. The highest BCUT2D eigenvalue weighted by Crippen LogP contribution is 2.25. The van der Waals surface area contributed by atoms with Crippen molar-refractivity contribution in [2.24, 2.45) is 5.73 Å². The first-order valence-corrected chi connectivity index (χ1v) is 9.65. The molecule has 2 aliphatic rings. The Balaban J connectivity index is 0.000000193. The number of nitrogens with two attached hydrogens (primary N) is 1. The molecule has 2 aliphatic heterocycles. The molecular weight excluding hydrogens is 412 g/mol. The number of urea groups is 1. The van der Waals surface area contributed by atoms with Crippen LogP contribution in [0, 0.1) is 18.8 Å². The molecule has 2 aromatic carbocycles. The smallest absolute Gasteiger partial charge is 0.322 e. The van der Waals surface area contributed by atoms with Crippen LogP contribution in [0.15, 0.2) is 36.4 Å². The normalized spacial score (nSPS) is 16.2. The van der Waals surface area contributed by atoms with Crippen molar-refractivity contribution in [3.05, 3.63) is 64.2 Å². The highest BCUT2D eigenvalue weighted by atomic mass is 16.5. The largest absolute Gasteiger partial charge is 0.497 e. The number of amides is 5. The SMILES string of the molecule is COc1ccc2c(c1)C(=O)N(C)C2.Cc1ccc(C(N)=O)cc1C#CC1NC(=O)NC1=O. The van der Waals surface area contributed by atoms with Crippen molar-refractivity contribution in [1.82, 2.24) is 15.5 Å². The van der Waals surface area contributed by atoms with Crippen LogP contribution in [0.5, 0.6) is 5.75 Å². The number of ether oxygens (including phenoxy) is 1. The number of carbonyl (C=O) groups excluding carboxylic acids is 4. The molecule has 0 aromatic heterocycles. The first kappa shape index (κ1) is 22.4. The molecule has 1 fully saturated rings. The molecule has 0 spiro atoms. The van der Waals surface area contributed by atoms with Crippen LogP contribution < -0.4 is 21.1 Å². The number of nitrogens with zero attached hydrogens (tertiary/aromatic N) is 1. The molecule has 2 aromatic rings. The number of aryl methyl sites for hydroxylation is 1. The van der Waals surface area contributed by atoms with Crippen molar-refractivity contribution in [3.63, 3.8) is 0 Å². The summed E-state index contributed by atoms with van der Waals surface area (Å²) < 4.78 is 5.05. The number of rotatable bonds is 2. The van der Waals surface area contributed by atoms with E-state index in [0.717, 1.165) is 22.4 Å². The Kier molecular flexibility index (Phi) is 6.45. The van der Waals surface area contributed by atoms with E-state index < -0.39 is 23.9 Å². The van der Waals surface area contributed by atoms with Gasteiger partial charge in [-0.15, -0.1) is 0 Å². The van der Waals surface area contributed by atoms with Crippen molar-refractivity contribution in [2.45, 2.75) is 19.5 Å². The third-order valence-corrected chi connectivity index (χ3v) is 4.95. The van der Waals surface area contributed by atoms with Gasteiger partial charge in [-0.25, -0.2) is 4.79 Å². The third kappa shape index (κ3) is 4.87. The molecule has 5 amide bonds. The maximum absolute atomic E-state index is 11.5. The van der Waals surface area contributed by atoms with Gasteiger partial charge in [0.1, 0.15) is 5.75 Å². The maximum Gasteiger partial charge on any atom is 0.322 e. The minimum Gasteiger partial charge on any atom is -0.497 e. The minimum absolute atomic E-state index is 0.0777. The predicted molar refractivity (Wildman–Crippen MR) is 116 cm³/mol. The molecule has 2 heterocycles. The van der Waals surface area contributed by atoms with Gasteiger partial charge in [-0.2, -0.15) is 0 Å². The number of hydrogen-bond donors (Lipinski definition) is 3. The topological polar surface area (TPSA) is 131 Å². The van der Waals surface area contributed by atoms with Crippen molar-refractivity contribution in [1.29, 1.82) is 0 Å². The summed E-state index contributed by atoms with van der Waals surface area (Å²) in [5.74, 6) is 5.19. The van der Waals surface area contributed by atoms with E-state index in [2.05, 4.69) is 22.5 Å². The molecule has 9 nitrogen and oxygen atoms in total. The summed E-state index contributed by atoms with van der Waals surface area (Å²) in [4.78, 5) is 46.5. The quantitative estimate of drug-likeness (QED) is 0.478. The van der Waals surface area contributed by atoms with Gasteiger partial charge in [0.2, 0.25) is 5.91 Å². The molecule has 4 N–H and O–H groups in total. The van der Waals surface area contributed by atoms with Crippen LogP contribution in [0.2, 0.25) is 0 Å². The van der Waals surface area contributed by atoms with Crippen LogP contribution in [0.1, 0.15) is 37.4 Å². The first-order chi connectivity index (χ1) is 15.2.